The molecule has 1 aromatic heterocycles. The molecule has 0 spiro atoms. The Morgan fingerprint density at radius 3 is 2.65 bits per heavy atom. The summed E-state index contributed by atoms with van der Waals surface area (Å²) in [5.74, 6) is -3.39. The molecule has 0 amide bonds. The minimum absolute atomic E-state index is 0.0217. The Kier molecular flexibility index (Phi) is 4.39. The molecule has 7 heteroatoms. The van der Waals surface area contributed by atoms with Crippen LogP contribution in [0.15, 0.2) is 6.07 Å². The Labute approximate surface area is 103 Å². The van der Waals surface area contributed by atoms with Crippen LogP contribution in [0.5, 0.6) is 0 Å². The summed E-state index contributed by atoms with van der Waals surface area (Å²) in [6, 6.07) is 1.24. The van der Waals surface area contributed by atoms with Crippen molar-refractivity contribution in [1.29, 1.82) is 0 Å². The van der Waals surface area contributed by atoms with E-state index in [2.05, 4.69) is 14.7 Å². The van der Waals surface area contributed by atoms with Gasteiger partial charge in [0.05, 0.1) is 12.3 Å². The van der Waals surface area contributed by atoms with Crippen molar-refractivity contribution in [3.05, 3.63) is 22.7 Å². The highest BCUT2D eigenvalue weighted by Gasteiger charge is 2.31. The van der Waals surface area contributed by atoms with Gasteiger partial charge in [-0.05, 0) is 19.9 Å². The van der Waals surface area contributed by atoms with Crippen molar-refractivity contribution in [2.24, 2.45) is 0 Å². The molecule has 1 N–H and O–H groups in total. The number of ether oxygens (including phenoxy) is 1. The van der Waals surface area contributed by atoms with Crippen LogP contribution >= 0.6 is 11.6 Å². The zero-order chi connectivity index (χ0) is 13.0. The fraction of sp³-hybridized carbons (Fsp3) is 0.400. The van der Waals surface area contributed by atoms with Crippen LogP contribution < -0.4 is 0 Å². The fourth-order valence-corrected chi connectivity index (χ4v) is 1.51. The maximum Gasteiger partial charge on any atom is 0.326 e. The van der Waals surface area contributed by atoms with Crippen LogP contribution in [0.1, 0.15) is 24.4 Å². The quantitative estimate of drug-likeness (QED) is 0.495. The standard InChI is InChI=1S/C10H11ClN2O4/c1-3-17-10(16)8(9(14)15)6-4-7(11)13-5(2)12-6/h4,8H,3H2,1-2H3,(H,14,15). The molecule has 0 radical (unpaired) electrons. The van der Waals surface area contributed by atoms with Crippen molar-refractivity contribution in [1.82, 2.24) is 9.97 Å². The van der Waals surface area contributed by atoms with Crippen LogP contribution in [-0.2, 0) is 14.3 Å². The first kappa shape index (κ1) is 13.4. The smallest absolute Gasteiger partial charge is 0.326 e. The molecule has 1 aromatic rings. The van der Waals surface area contributed by atoms with Gasteiger partial charge in [-0.2, -0.15) is 0 Å². The van der Waals surface area contributed by atoms with E-state index in [1.165, 1.54) is 6.07 Å². The van der Waals surface area contributed by atoms with Gasteiger partial charge in [0, 0.05) is 0 Å². The van der Waals surface area contributed by atoms with Gasteiger partial charge in [0.2, 0.25) is 0 Å². The second-order valence-corrected chi connectivity index (χ2v) is 3.57. The minimum atomic E-state index is -1.48. The number of aliphatic carboxylic acids is 1. The highest BCUT2D eigenvalue weighted by Crippen LogP contribution is 2.18. The second kappa shape index (κ2) is 5.58. The number of hydrogen-bond donors (Lipinski definition) is 1. The van der Waals surface area contributed by atoms with E-state index >= 15 is 0 Å². The van der Waals surface area contributed by atoms with E-state index in [0.717, 1.165) is 0 Å². The molecule has 1 rings (SSSR count). The summed E-state index contributed by atoms with van der Waals surface area (Å²) >= 11 is 5.68. The Bertz CT molecular complexity index is 430. The van der Waals surface area contributed by atoms with Gasteiger partial charge >= 0.3 is 11.9 Å². The van der Waals surface area contributed by atoms with E-state index in [-0.39, 0.29) is 17.5 Å². The number of carbonyl (C=O) groups excluding carboxylic acids is 1. The summed E-state index contributed by atoms with van der Waals surface area (Å²) < 4.78 is 4.68. The van der Waals surface area contributed by atoms with Crippen LogP contribution in [0.3, 0.4) is 0 Å². The minimum Gasteiger partial charge on any atom is -0.480 e. The number of esters is 1. The molecule has 0 aliphatic heterocycles. The molecule has 17 heavy (non-hydrogen) atoms. The highest BCUT2D eigenvalue weighted by molar-refractivity contribution is 6.29. The molecule has 0 fully saturated rings. The average molecular weight is 259 g/mol. The van der Waals surface area contributed by atoms with Crippen molar-refractivity contribution in [3.63, 3.8) is 0 Å². The molecule has 0 aliphatic carbocycles. The number of aromatic nitrogens is 2. The van der Waals surface area contributed by atoms with Crippen molar-refractivity contribution in [2.75, 3.05) is 6.61 Å². The summed E-state index contributed by atoms with van der Waals surface area (Å²) in [5.41, 5.74) is 0.0217. The summed E-state index contributed by atoms with van der Waals surface area (Å²) in [7, 11) is 0. The summed E-state index contributed by atoms with van der Waals surface area (Å²) in [5, 5.41) is 9.09. The van der Waals surface area contributed by atoms with Gasteiger partial charge in [-0.15, -0.1) is 0 Å². The second-order valence-electron chi connectivity index (χ2n) is 3.19. The van der Waals surface area contributed by atoms with Gasteiger partial charge in [0.15, 0.2) is 5.92 Å². The van der Waals surface area contributed by atoms with E-state index in [9.17, 15) is 9.59 Å². The first-order valence-electron chi connectivity index (χ1n) is 4.86. The highest BCUT2D eigenvalue weighted by atomic mass is 35.5. The van der Waals surface area contributed by atoms with Crippen molar-refractivity contribution < 1.29 is 19.4 Å². The molecule has 6 nitrogen and oxygen atoms in total. The maximum atomic E-state index is 11.5. The van der Waals surface area contributed by atoms with E-state index in [1.54, 1.807) is 13.8 Å². The summed E-state index contributed by atoms with van der Waals surface area (Å²) in [4.78, 5) is 30.2. The number of halogens is 1. The number of nitrogens with zero attached hydrogens (tertiary/aromatic N) is 2. The Morgan fingerprint density at radius 1 is 1.53 bits per heavy atom. The predicted octanol–water partition coefficient (Wildman–Crippen LogP) is 1.17. The monoisotopic (exact) mass is 258 g/mol. The van der Waals surface area contributed by atoms with Crippen molar-refractivity contribution in [3.8, 4) is 0 Å². The van der Waals surface area contributed by atoms with Gasteiger partial charge in [-0.3, -0.25) is 9.59 Å². The van der Waals surface area contributed by atoms with Gasteiger partial charge in [0.25, 0.3) is 0 Å². The number of rotatable bonds is 4. The van der Waals surface area contributed by atoms with Crippen LogP contribution in [-0.4, -0.2) is 33.6 Å². The van der Waals surface area contributed by atoms with Crippen molar-refractivity contribution in [2.45, 2.75) is 19.8 Å². The zero-order valence-electron chi connectivity index (χ0n) is 9.31. The number of carboxylic acids is 1. The van der Waals surface area contributed by atoms with Crippen LogP contribution in [0.2, 0.25) is 5.15 Å². The normalized spacial score (nSPS) is 11.9. The third-order valence-electron chi connectivity index (χ3n) is 1.89. The fourth-order valence-electron chi connectivity index (χ4n) is 1.27. The molecular weight excluding hydrogens is 248 g/mol. The van der Waals surface area contributed by atoms with Gasteiger partial charge in [-0.1, -0.05) is 11.6 Å². The van der Waals surface area contributed by atoms with Gasteiger partial charge < -0.3 is 9.84 Å². The molecule has 0 aliphatic rings. The maximum absolute atomic E-state index is 11.5. The molecule has 1 heterocycles. The Balaban J connectivity index is 3.14. The van der Waals surface area contributed by atoms with E-state index in [1.807, 2.05) is 0 Å². The molecule has 0 aromatic carbocycles. The SMILES string of the molecule is CCOC(=O)C(C(=O)O)c1cc(Cl)nc(C)n1. The molecule has 1 atom stereocenters. The lowest BCUT2D eigenvalue weighted by Crippen LogP contribution is -2.25. The molecule has 0 saturated heterocycles. The molecular formula is C10H11ClN2O4. The number of carboxylic acid groups (broad SMARTS) is 1. The molecule has 0 bridgehead atoms. The van der Waals surface area contributed by atoms with Gasteiger partial charge in [0.1, 0.15) is 11.0 Å². The van der Waals surface area contributed by atoms with Crippen LogP contribution in [0.25, 0.3) is 0 Å². The molecule has 92 valence electrons. The summed E-state index contributed by atoms with van der Waals surface area (Å²) in [6.07, 6.45) is 0. The van der Waals surface area contributed by atoms with E-state index < -0.39 is 17.9 Å². The first-order chi connectivity index (χ1) is 7.95. The largest absolute Gasteiger partial charge is 0.480 e. The molecule has 1 unspecified atom stereocenters. The zero-order valence-corrected chi connectivity index (χ0v) is 10.1. The number of hydrogen-bond acceptors (Lipinski definition) is 5. The van der Waals surface area contributed by atoms with Crippen LogP contribution in [0.4, 0.5) is 0 Å². The molecule has 0 saturated carbocycles. The van der Waals surface area contributed by atoms with Crippen LogP contribution in [0, 0.1) is 6.92 Å². The average Bonchev–Trinajstić information content (AvgIpc) is 2.15. The third kappa shape index (κ3) is 3.39. The third-order valence-corrected chi connectivity index (χ3v) is 2.09. The topological polar surface area (TPSA) is 89.4 Å². The number of aryl methyl sites for hydroxylation is 1. The first-order valence-corrected chi connectivity index (χ1v) is 5.24. The lowest BCUT2D eigenvalue weighted by atomic mass is 10.1. The van der Waals surface area contributed by atoms with Gasteiger partial charge in [-0.25, -0.2) is 9.97 Å². The van der Waals surface area contributed by atoms with E-state index in [0.29, 0.717) is 5.82 Å². The Hall–Kier alpha value is -1.69. The van der Waals surface area contributed by atoms with E-state index in [4.69, 9.17) is 16.7 Å². The predicted molar refractivity (Wildman–Crippen MR) is 58.8 cm³/mol. The number of carbonyl (C=O) groups is 2. The summed E-state index contributed by atoms with van der Waals surface area (Å²) in [6.45, 7) is 3.24. The lowest BCUT2D eigenvalue weighted by molar-refractivity contribution is -0.153. The van der Waals surface area contributed by atoms with Crippen molar-refractivity contribution >= 4 is 23.5 Å². The Morgan fingerprint density at radius 2 is 2.18 bits per heavy atom. The lowest BCUT2D eigenvalue weighted by Gasteiger charge is -2.11.